The molecule has 1 aromatic heterocycles. The fourth-order valence-electron chi connectivity index (χ4n) is 4.57. The number of aryl methyl sites for hydroxylation is 1. The average Bonchev–Trinajstić information content (AvgIpc) is 3.30. The molecule has 0 aliphatic carbocycles. The second-order valence-electron chi connectivity index (χ2n) is 12.0. The summed E-state index contributed by atoms with van der Waals surface area (Å²) in [6, 6.07) is 8.18. The fraction of sp³-hybridized carbons (Fsp3) is 0.567. The van der Waals surface area contributed by atoms with Gasteiger partial charge in [0.2, 0.25) is 11.8 Å². The Kier molecular flexibility index (Phi) is 10.8. The van der Waals surface area contributed by atoms with Crippen molar-refractivity contribution < 1.29 is 9.59 Å². The molecule has 0 saturated carbocycles. The molecular weight excluding hydrogens is 492 g/mol. The summed E-state index contributed by atoms with van der Waals surface area (Å²) in [4.78, 5) is 47.0. The standard InChI is InChI=1S/C27H36N4O3.C3H8N2/c1-16(2)20-12-23(31(15-20)24(32)13-27(4,5)6)26(34)29-21(14-28)11-19-10-18-9-17(3)7-8-22(18)30-25(19)33;1-3(4)5-2/h7-10,16,20-21,23H,11-13,15H2,1-6H3,(H,29,34)(H,30,33);1-2H3,(H2,4,5)/t20-,21+,23+;/m1./s1. The maximum Gasteiger partial charge on any atom is 0.251 e. The molecular formula is C30H44N6O3. The smallest absolute Gasteiger partial charge is 0.251 e. The second-order valence-corrected chi connectivity index (χ2v) is 12.0. The molecule has 1 aromatic carbocycles. The number of carbonyl (C=O) groups excluding carboxylic acids is 2. The first-order valence-corrected chi connectivity index (χ1v) is 13.5. The lowest BCUT2D eigenvalue weighted by Gasteiger charge is -2.28. The largest absolute Gasteiger partial charge is 0.388 e. The summed E-state index contributed by atoms with van der Waals surface area (Å²) in [5.74, 6) is 0.835. The number of amidine groups is 1. The zero-order valence-electron chi connectivity index (χ0n) is 24.6. The maximum atomic E-state index is 13.3. The van der Waals surface area contributed by atoms with E-state index >= 15 is 0 Å². The number of nitrogens with two attached hydrogens (primary N) is 1. The Hall–Kier alpha value is -3.67. The van der Waals surface area contributed by atoms with Crippen molar-refractivity contribution in [2.24, 2.45) is 28.0 Å². The van der Waals surface area contributed by atoms with Gasteiger partial charge in [0.15, 0.2) is 0 Å². The van der Waals surface area contributed by atoms with Crippen LogP contribution >= 0.6 is 0 Å². The van der Waals surface area contributed by atoms with Crippen molar-refractivity contribution in [1.82, 2.24) is 15.2 Å². The van der Waals surface area contributed by atoms with E-state index in [1.54, 1.807) is 24.9 Å². The van der Waals surface area contributed by atoms with Gasteiger partial charge in [-0.1, -0.05) is 46.2 Å². The highest BCUT2D eigenvalue weighted by Crippen LogP contribution is 2.31. The third-order valence-corrected chi connectivity index (χ3v) is 6.91. The highest BCUT2D eigenvalue weighted by atomic mass is 16.2. The summed E-state index contributed by atoms with van der Waals surface area (Å²) >= 11 is 0. The first kappa shape index (κ1) is 31.5. The molecule has 0 radical (unpaired) electrons. The van der Waals surface area contributed by atoms with E-state index in [2.05, 4.69) is 35.2 Å². The molecule has 4 N–H and O–H groups in total. The second kappa shape index (κ2) is 13.4. The number of nitrogens with zero attached hydrogens (tertiary/aromatic N) is 3. The third kappa shape index (κ3) is 9.24. The van der Waals surface area contributed by atoms with Crippen LogP contribution < -0.4 is 16.6 Å². The number of aliphatic imine (C=N–C) groups is 1. The van der Waals surface area contributed by atoms with Gasteiger partial charge in [0.1, 0.15) is 12.1 Å². The minimum absolute atomic E-state index is 0.0364. The fourth-order valence-corrected chi connectivity index (χ4v) is 4.57. The SMILES string of the molecule is CN=C(C)N.Cc1ccc2[nH]c(=O)c(C[C@@H](C#N)NC(=O)[C@@H]3C[C@@H](C(C)C)CN3C(=O)CC(C)(C)C)cc2c1. The van der Waals surface area contributed by atoms with E-state index < -0.39 is 12.1 Å². The van der Waals surface area contributed by atoms with E-state index in [9.17, 15) is 19.6 Å². The highest BCUT2D eigenvalue weighted by molar-refractivity contribution is 5.89. The average molecular weight is 537 g/mol. The summed E-state index contributed by atoms with van der Waals surface area (Å²) in [5.41, 5.74) is 6.83. The summed E-state index contributed by atoms with van der Waals surface area (Å²) in [5, 5.41) is 13.4. The number of pyridine rings is 1. The Morgan fingerprint density at radius 1 is 1.28 bits per heavy atom. The Morgan fingerprint density at radius 2 is 1.92 bits per heavy atom. The number of benzene rings is 1. The van der Waals surface area contributed by atoms with Crippen molar-refractivity contribution in [2.45, 2.75) is 79.8 Å². The van der Waals surface area contributed by atoms with E-state index in [0.29, 0.717) is 36.7 Å². The number of nitriles is 1. The molecule has 2 heterocycles. The quantitative estimate of drug-likeness (QED) is 0.381. The predicted octanol–water partition coefficient (Wildman–Crippen LogP) is 3.69. The Bertz CT molecular complexity index is 1290. The molecule has 1 aliphatic rings. The van der Waals surface area contributed by atoms with Gasteiger partial charge in [-0.25, -0.2) is 0 Å². The summed E-state index contributed by atoms with van der Waals surface area (Å²) in [6.07, 6.45) is 1.03. The molecule has 2 aromatic rings. The van der Waals surface area contributed by atoms with Crippen molar-refractivity contribution in [3.8, 4) is 6.07 Å². The summed E-state index contributed by atoms with van der Waals surface area (Å²) < 4.78 is 0. The Labute approximate surface area is 231 Å². The van der Waals surface area contributed by atoms with Crippen LogP contribution in [0.4, 0.5) is 0 Å². The topological polar surface area (TPSA) is 144 Å². The zero-order valence-corrected chi connectivity index (χ0v) is 24.6. The maximum absolute atomic E-state index is 13.3. The minimum Gasteiger partial charge on any atom is -0.388 e. The Morgan fingerprint density at radius 3 is 2.46 bits per heavy atom. The molecule has 9 heteroatoms. The molecule has 1 saturated heterocycles. The lowest BCUT2D eigenvalue weighted by Crippen LogP contribution is -2.49. The van der Waals surface area contributed by atoms with Crippen LogP contribution in [0.3, 0.4) is 0 Å². The van der Waals surface area contributed by atoms with Crippen LogP contribution in [-0.4, -0.2) is 53.2 Å². The molecule has 1 fully saturated rings. The third-order valence-electron chi connectivity index (χ3n) is 6.91. The van der Waals surface area contributed by atoms with Crippen LogP contribution in [0.25, 0.3) is 10.9 Å². The number of likely N-dealkylation sites (tertiary alicyclic amines) is 1. The van der Waals surface area contributed by atoms with Gasteiger partial charge >= 0.3 is 0 Å². The van der Waals surface area contributed by atoms with Crippen molar-refractivity contribution in [3.63, 3.8) is 0 Å². The number of aromatic nitrogens is 1. The number of carbonyl (C=O) groups is 2. The Balaban J connectivity index is 0.000000976. The van der Waals surface area contributed by atoms with Gasteiger partial charge in [-0.05, 0) is 61.1 Å². The monoisotopic (exact) mass is 536 g/mol. The summed E-state index contributed by atoms with van der Waals surface area (Å²) in [6.45, 7) is 14.5. The van der Waals surface area contributed by atoms with E-state index in [0.717, 1.165) is 16.5 Å². The number of fused-ring (bicyclic) bond motifs is 1. The van der Waals surface area contributed by atoms with Crippen LogP contribution in [0.5, 0.6) is 0 Å². The summed E-state index contributed by atoms with van der Waals surface area (Å²) in [7, 11) is 1.66. The van der Waals surface area contributed by atoms with Gasteiger partial charge in [0, 0.05) is 37.5 Å². The zero-order chi connectivity index (χ0) is 29.5. The van der Waals surface area contributed by atoms with E-state index in [-0.39, 0.29) is 35.1 Å². The van der Waals surface area contributed by atoms with Crippen molar-refractivity contribution in [2.75, 3.05) is 13.6 Å². The number of amides is 2. The number of rotatable bonds is 6. The molecule has 0 spiro atoms. The normalized spacial score (nSPS) is 18.4. The van der Waals surface area contributed by atoms with Gasteiger partial charge < -0.3 is 20.9 Å². The number of hydrogen-bond acceptors (Lipinski definition) is 5. The molecule has 0 bridgehead atoms. The molecule has 39 heavy (non-hydrogen) atoms. The minimum atomic E-state index is -0.867. The number of aromatic amines is 1. The lowest BCUT2D eigenvalue weighted by atomic mass is 9.91. The van der Waals surface area contributed by atoms with Crippen LogP contribution in [0.2, 0.25) is 0 Å². The highest BCUT2D eigenvalue weighted by Gasteiger charge is 2.41. The number of hydrogen-bond donors (Lipinski definition) is 3. The first-order chi connectivity index (χ1) is 18.1. The van der Waals surface area contributed by atoms with Crippen LogP contribution in [-0.2, 0) is 16.0 Å². The molecule has 0 unspecified atom stereocenters. The van der Waals surface area contributed by atoms with Gasteiger partial charge in [-0.3, -0.25) is 19.4 Å². The molecule has 212 valence electrons. The predicted molar refractivity (Wildman–Crippen MR) is 156 cm³/mol. The van der Waals surface area contributed by atoms with Crippen molar-refractivity contribution >= 4 is 28.6 Å². The van der Waals surface area contributed by atoms with Crippen molar-refractivity contribution in [1.29, 1.82) is 5.26 Å². The molecule has 2 amide bonds. The first-order valence-electron chi connectivity index (χ1n) is 13.5. The van der Waals surface area contributed by atoms with E-state index in [4.69, 9.17) is 5.73 Å². The van der Waals surface area contributed by atoms with Gasteiger partial charge in [-0.2, -0.15) is 5.26 Å². The van der Waals surface area contributed by atoms with Gasteiger partial charge in [-0.15, -0.1) is 0 Å². The number of H-pyrrole nitrogens is 1. The van der Waals surface area contributed by atoms with Crippen LogP contribution in [0.15, 0.2) is 34.1 Å². The van der Waals surface area contributed by atoms with Crippen molar-refractivity contribution in [3.05, 3.63) is 45.7 Å². The molecule has 9 nitrogen and oxygen atoms in total. The van der Waals surface area contributed by atoms with Gasteiger partial charge in [0.05, 0.1) is 11.9 Å². The van der Waals surface area contributed by atoms with E-state index in [1.807, 2.05) is 45.9 Å². The molecule has 3 rings (SSSR count). The van der Waals surface area contributed by atoms with Gasteiger partial charge in [0.25, 0.3) is 5.56 Å². The molecule has 3 atom stereocenters. The lowest BCUT2D eigenvalue weighted by molar-refractivity contribution is -0.140. The molecule has 1 aliphatic heterocycles. The number of nitrogens with one attached hydrogen (secondary N) is 2. The van der Waals surface area contributed by atoms with E-state index in [1.165, 1.54) is 0 Å². The van der Waals surface area contributed by atoms with Crippen LogP contribution in [0.1, 0.15) is 65.5 Å². The van der Waals surface area contributed by atoms with Crippen LogP contribution in [0, 0.1) is 35.5 Å².